The highest BCUT2D eigenvalue weighted by Gasteiger charge is 1.94. The third-order valence-corrected chi connectivity index (χ3v) is 3.51. The summed E-state index contributed by atoms with van der Waals surface area (Å²) in [5, 5.41) is 3.41. The van der Waals surface area contributed by atoms with Crippen molar-refractivity contribution in [2.45, 2.75) is 11.8 Å². The largest absolute Gasteiger partial charge is 0.384 e. The van der Waals surface area contributed by atoms with Crippen LogP contribution in [0.15, 0.2) is 59.5 Å². The van der Waals surface area contributed by atoms with Gasteiger partial charge in [0, 0.05) is 22.9 Å². The van der Waals surface area contributed by atoms with Crippen molar-refractivity contribution in [3.63, 3.8) is 0 Å². The van der Waals surface area contributed by atoms with Gasteiger partial charge >= 0.3 is 0 Å². The highest BCUT2D eigenvalue weighted by Crippen LogP contribution is 2.18. The molecule has 2 aromatic carbocycles. The average molecular weight is 243 g/mol. The van der Waals surface area contributed by atoms with Crippen LogP contribution in [0, 0.1) is 6.92 Å². The lowest BCUT2D eigenvalue weighted by Crippen LogP contribution is -2.03. The van der Waals surface area contributed by atoms with Crippen LogP contribution in [-0.4, -0.2) is 12.3 Å². The molecular weight excluding hydrogens is 226 g/mol. The Bertz CT molecular complexity index is 436. The van der Waals surface area contributed by atoms with Gasteiger partial charge in [-0.25, -0.2) is 0 Å². The van der Waals surface area contributed by atoms with Crippen molar-refractivity contribution in [1.29, 1.82) is 0 Å². The summed E-state index contributed by atoms with van der Waals surface area (Å²) in [6.45, 7) is 3.11. The minimum absolute atomic E-state index is 0.989. The Hall–Kier alpha value is -1.41. The van der Waals surface area contributed by atoms with E-state index in [1.54, 1.807) is 0 Å². The van der Waals surface area contributed by atoms with E-state index in [0.29, 0.717) is 0 Å². The Morgan fingerprint density at radius 1 is 0.941 bits per heavy atom. The normalized spacial score (nSPS) is 10.2. The Balaban J connectivity index is 1.71. The van der Waals surface area contributed by atoms with E-state index in [1.165, 1.54) is 16.1 Å². The SMILES string of the molecule is Cc1ccc(SCCNc2ccccc2)cc1. The lowest BCUT2D eigenvalue weighted by molar-refractivity contribution is 1.22. The van der Waals surface area contributed by atoms with Crippen LogP contribution in [0.2, 0.25) is 0 Å². The summed E-state index contributed by atoms with van der Waals surface area (Å²) in [7, 11) is 0. The molecule has 0 aliphatic rings. The molecule has 0 bridgehead atoms. The number of thioether (sulfide) groups is 1. The number of benzene rings is 2. The number of nitrogens with one attached hydrogen (secondary N) is 1. The highest BCUT2D eigenvalue weighted by atomic mass is 32.2. The van der Waals surface area contributed by atoms with Gasteiger partial charge in [-0.15, -0.1) is 11.8 Å². The first-order valence-corrected chi connectivity index (χ1v) is 6.81. The van der Waals surface area contributed by atoms with Crippen LogP contribution >= 0.6 is 11.8 Å². The lowest BCUT2D eigenvalue weighted by Gasteiger charge is -2.06. The van der Waals surface area contributed by atoms with E-state index in [9.17, 15) is 0 Å². The van der Waals surface area contributed by atoms with Crippen LogP contribution in [0.3, 0.4) is 0 Å². The summed E-state index contributed by atoms with van der Waals surface area (Å²) in [5.41, 5.74) is 2.51. The molecule has 0 radical (unpaired) electrons. The van der Waals surface area contributed by atoms with E-state index >= 15 is 0 Å². The van der Waals surface area contributed by atoms with E-state index in [4.69, 9.17) is 0 Å². The molecule has 0 aliphatic heterocycles. The fraction of sp³-hybridized carbons (Fsp3) is 0.200. The summed E-state index contributed by atoms with van der Waals surface area (Å²) >= 11 is 1.89. The van der Waals surface area contributed by atoms with Crippen molar-refractivity contribution < 1.29 is 0 Å². The van der Waals surface area contributed by atoms with Gasteiger partial charge in [0.1, 0.15) is 0 Å². The van der Waals surface area contributed by atoms with Gasteiger partial charge < -0.3 is 5.32 Å². The van der Waals surface area contributed by atoms with Crippen LogP contribution < -0.4 is 5.32 Å². The Morgan fingerprint density at radius 3 is 2.35 bits per heavy atom. The first-order valence-electron chi connectivity index (χ1n) is 5.83. The van der Waals surface area contributed by atoms with Gasteiger partial charge in [0.15, 0.2) is 0 Å². The number of hydrogen-bond acceptors (Lipinski definition) is 2. The molecule has 0 aliphatic carbocycles. The second-order valence-corrected chi connectivity index (χ2v) is 5.12. The monoisotopic (exact) mass is 243 g/mol. The smallest absolute Gasteiger partial charge is 0.0340 e. The van der Waals surface area contributed by atoms with E-state index in [2.05, 4.69) is 60.8 Å². The van der Waals surface area contributed by atoms with Gasteiger partial charge in [-0.05, 0) is 31.2 Å². The quantitative estimate of drug-likeness (QED) is 0.624. The first-order chi connectivity index (χ1) is 8.34. The van der Waals surface area contributed by atoms with Crippen molar-refractivity contribution in [3.05, 3.63) is 60.2 Å². The molecule has 0 unspecified atom stereocenters. The third-order valence-electron chi connectivity index (χ3n) is 2.49. The molecule has 88 valence electrons. The molecule has 1 N–H and O–H groups in total. The fourth-order valence-corrected chi connectivity index (χ4v) is 2.32. The van der Waals surface area contributed by atoms with Gasteiger partial charge in [0.25, 0.3) is 0 Å². The number of aryl methyl sites for hydroxylation is 1. The van der Waals surface area contributed by atoms with Gasteiger partial charge in [0.05, 0.1) is 0 Å². The summed E-state index contributed by atoms with van der Waals surface area (Å²) in [6, 6.07) is 19.0. The molecule has 0 fully saturated rings. The van der Waals surface area contributed by atoms with Crippen molar-refractivity contribution in [1.82, 2.24) is 0 Å². The molecule has 17 heavy (non-hydrogen) atoms. The first kappa shape index (κ1) is 12.1. The van der Waals surface area contributed by atoms with E-state index in [0.717, 1.165) is 12.3 Å². The summed E-state index contributed by atoms with van der Waals surface area (Å²) in [4.78, 5) is 1.34. The van der Waals surface area contributed by atoms with Crippen LogP contribution in [0.5, 0.6) is 0 Å². The molecular formula is C15H17NS. The minimum Gasteiger partial charge on any atom is -0.384 e. The van der Waals surface area contributed by atoms with Crippen LogP contribution in [0.25, 0.3) is 0 Å². The van der Waals surface area contributed by atoms with Crippen molar-refractivity contribution in [2.24, 2.45) is 0 Å². The lowest BCUT2D eigenvalue weighted by atomic mass is 10.2. The maximum absolute atomic E-state index is 3.41. The molecule has 0 spiro atoms. The Kier molecular flexibility index (Phi) is 4.51. The Labute approximate surface area is 107 Å². The molecule has 0 heterocycles. The number of rotatable bonds is 5. The van der Waals surface area contributed by atoms with Crippen molar-refractivity contribution in [2.75, 3.05) is 17.6 Å². The van der Waals surface area contributed by atoms with Crippen LogP contribution in [-0.2, 0) is 0 Å². The van der Waals surface area contributed by atoms with Crippen LogP contribution in [0.4, 0.5) is 5.69 Å². The van der Waals surface area contributed by atoms with Gasteiger partial charge in [-0.1, -0.05) is 35.9 Å². The van der Waals surface area contributed by atoms with Gasteiger partial charge in [-0.3, -0.25) is 0 Å². The predicted octanol–water partition coefficient (Wildman–Crippen LogP) is 4.20. The van der Waals surface area contributed by atoms with Gasteiger partial charge in [-0.2, -0.15) is 0 Å². The Morgan fingerprint density at radius 2 is 1.65 bits per heavy atom. The second kappa shape index (κ2) is 6.36. The van der Waals surface area contributed by atoms with Gasteiger partial charge in [0.2, 0.25) is 0 Å². The topological polar surface area (TPSA) is 12.0 Å². The number of anilines is 1. The van der Waals surface area contributed by atoms with E-state index < -0.39 is 0 Å². The molecule has 2 rings (SSSR count). The highest BCUT2D eigenvalue weighted by molar-refractivity contribution is 7.99. The molecule has 0 aromatic heterocycles. The summed E-state index contributed by atoms with van der Waals surface area (Å²) in [5.74, 6) is 1.08. The molecule has 0 saturated heterocycles. The minimum atomic E-state index is 0.989. The maximum atomic E-state index is 3.41. The number of hydrogen-bond donors (Lipinski definition) is 1. The number of para-hydroxylation sites is 1. The molecule has 0 atom stereocenters. The predicted molar refractivity (Wildman–Crippen MR) is 76.8 cm³/mol. The van der Waals surface area contributed by atoms with E-state index in [-0.39, 0.29) is 0 Å². The van der Waals surface area contributed by atoms with Crippen molar-refractivity contribution in [3.8, 4) is 0 Å². The summed E-state index contributed by atoms with van der Waals surface area (Å²) < 4.78 is 0. The van der Waals surface area contributed by atoms with Crippen molar-refractivity contribution >= 4 is 17.4 Å². The summed E-state index contributed by atoms with van der Waals surface area (Å²) in [6.07, 6.45) is 0. The zero-order chi connectivity index (χ0) is 11.9. The molecule has 0 amide bonds. The second-order valence-electron chi connectivity index (χ2n) is 3.95. The van der Waals surface area contributed by atoms with Crippen LogP contribution in [0.1, 0.15) is 5.56 Å². The molecule has 2 heteroatoms. The van der Waals surface area contributed by atoms with E-state index in [1.807, 2.05) is 17.8 Å². The zero-order valence-electron chi connectivity index (χ0n) is 10.0. The average Bonchev–Trinajstić information content (AvgIpc) is 2.38. The fourth-order valence-electron chi connectivity index (χ4n) is 1.55. The molecule has 0 saturated carbocycles. The zero-order valence-corrected chi connectivity index (χ0v) is 10.8. The molecule has 2 aromatic rings. The maximum Gasteiger partial charge on any atom is 0.0340 e. The molecule has 1 nitrogen and oxygen atoms in total. The third kappa shape index (κ3) is 4.16. The standard InChI is InChI=1S/C15H17NS/c1-13-7-9-15(10-8-13)17-12-11-16-14-5-3-2-4-6-14/h2-10,16H,11-12H2,1H3.